The van der Waals surface area contributed by atoms with E-state index >= 15 is 0 Å². The number of rotatable bonds is 4. The largest absolute Gasteiger partial charge is 0.480 e. The van der Waals surface area contributed by atoms with Crippen molar-refractivity contribution in [1.29, 1.82) is 0 Å². The predicted molar refractivity (Wildman–Crippen MR) is 80.3 cm³/mol. The minimum atomic E-state index is -0.964. The summed E-state index contributed by atoms with van der Waals surface area (Å²) in [6.45, 7) is 5.59. The monoisotopic (exact) mass is 297 g/mol. The lowest BCUT2D eigenvalue weighted by atomic mass is 10.00. The number of carboxylic acid groups (broad SMARTS) is 1. The van der Waals surface area contributed by atoms with Gasteiger partial charge in [-0.1, -0.05) is 13.3 Å². The number of hydrogen-bond donors (Lipinski definition) is 2. The summed E-state index contributed by atoms with van der Waals surface area (Å²) >= 11 is 0. The Bertz CT molecular complexity index is 361. The quantitative estimate of drug-likeness (QED) is 0.825. The SMILES string of the molecule is CCC(NC(=O)N1CCC(N2CCCCC2)CC1)C(=O)O. The van der Waals surface area contributed by atoms with Crippen LogP contribution in [0.15, 0.2) is 0 Å². The van der Waals surface area contributed by atoms with Crippen molar-refractivity contribution in [2.45, 2.75) is 57.5 Å². The lowest BCUT2D eigenvalue weighted by molar-refractivity contribution is -0.139. The van der Waals surface area contributed by atoms with Crippen LogP contribution in [0.1, 0.15) is 45.4 Å². The topological polar surface area (TPSA) is 72.9 Å². The van der Waals surface area contributed by atoms with Crippen molar-refractivity contribution >= 4 is 12.0 Å². The van der Waals surface area contributed by atoms with Crippen molar-refractivity contribution < 1.29 is 14.7 Å². The number of nitrogens with zero attached hydrogens (tertiary/aromatic N) is 2. The van der Waals surface area contributed by atoms with Gasteiger partial charge in [0.2, 0.25) is 0 Å². The first-order chi connectivity index (χ1) is 10.1. The molecular weight excluding hydrogens is 270 g/mol. The highest BCUT2D eigenvalue weighted by Gasteiger charge is 2.29. The second-order valence-corrected chi connectivity index (χ2v) is 6.06. The van der Waals surface area contributed by atoms with E-state index in [1.165, 1.54) is 32.4 Å². The summed E-state index contributed by atoms with van der Waals surface area (Å²) < 4.78 is 0. The van der Waals surface area contributed by atoms with Crippen molar-refractivity contribution in [2.75, 3.05) is 26.2 Å². The molecule has 6 heteroatoms. The molecule has 0 saturated carbocycles. The van der Waals surface area contributed by atoms with Gasteiger partial charge < -0.3 is 20.2 Å². The van der Waals surface area contributed by atoms with Crippen molar-refractivity contribution in [2.24, 2.45) is 0 Å². The molecule has 0 aliphatic carbocycles. The first-order valence-electron chi connectivity index (χ1n) is 8.14. The molecule has 0 aromatic rings. The van der Waals surface area contributed by atoms with Crippen molar-refractivity contribution in [3.63, 3.8) is 0 Å². The number of urea groups is 1. The zero-order chi connectivity index (χ0) is 15.2. The van der Waals surface area contributed by atoms with Crippen LogP contribution in [-0.4, -0.2) is 65.2 Å². The van der Waals surface area contributed by atoms with E-state index < -0.39 is 12.0 Å². The fourth-order valence-corrected chi connectivity index (χ4v) is 3.30. The van der Waals surface area contributed by atoms with Gasteiger partial charge in [0.1, 0.15) is 6.04 Å². The zero-order valence-electron chi connectivity index (χ0n) is 12.9. The Morgan fingerprint density at radius 2 is 1.76 bits per heavy atom. The van der Waals surface area contributed by atoms with Gasteiger partial charge in [0, 0.05) is 19.1 Å². The van der Waals surface area contributed by atoms with Crippen molar-refractivity contribution in [1.82, 2.24) is 15.1 Å². The Morgan fingerprint density at radius 3 is 2.29 bits per heavy atom. The molecule has 120 valence electrons. The second kappa shape index (κ2) is 7.64. The van der Waals surface area contributed by atoms with Crippen LogP contribution in [0.3, 0.4) is 0 Å². The normalized spacial score (nSPS) is 22.8. The molecule has 2 aliphatic heterocycles. The number of aliphatic carboxylic acids is 1. The van der Waals surface area contributed by atoms with Gasteiger partial charge in [-0.15, -0.1) is 0 Å². The van der Waals surface area contributed by atoms with E-state index in [0.29, 0.717) is 12.5 Å². The van der Waals surface area contributed by atoms with Gasteiger partial charge in [-0.3, -0.25) is 0 Å². The molecule has 21 heavy (non-hydrogen) atoms. The van der Waals surface area contributed by atoms with Crippen LogP contribution >= 0.6 is 0 Å². The highest BCUT2D eigenvalue weighted by Crippen LogP contribution is 2.20. The molecule has 2 amide bonds. The zero-order valence-corrected chi connectivity index (χ0v) is 12.9. The fraction of sp³-hybridized carbons (Fsp3) is 0.867. The molecule has 2 aliphatic rings. The van der Waals surface area contributed by atoms with E-state index in [9.17, 15) is 9.59 Å². The Morgan fingerprint density at radius 1 is 1.14 bits per heavy atom. The van der Waals surface area contributed by atoms with Crippen LogP contribution < -0.4 is 5.32 Å². The van der Waals surface area contributed by atoms with E-state index in [0.717, 1.165) is 25.9 Å². The summed E-state index contributed by atoms with van der Waals surface area (Å²) in [5, 5.41) is 11.6. The van der Waals surface area contributed by atoms with Crippen molar-refractivity contribution in [3.8, 4) is 0 Å². The van der Waals surface area contributed by atoms with Crippen LogP contribution in [0, 0.1) is 0 Å². The molecule has 2 heterocycles. The molecular formula is C15H27N3O3. The summed E-state index contributed by atoms with van der Waals surface area (Å²) in [4.78, 5) is 27.4. The van der Waals surface area contributed by atoms with E-state index in [1.54, 1.807) is 11.8 Å². The highest BCUT2D eigenvalue weighted by atomic mass is 16.4. The standard InChI is InChI=1S/C15H27N3O3/c1-2-13(14(19)20)16-15(21)18-10-6-12(7-11-18)17-8-4-3-5-9-17/h12-13H,2-11H2,1H3,(H,16,21)(H,19,20). The van der Waals surface area contributed by atoms with Gasteiger partial charge in [0.25, 0.3) is 0 Å². The maximum atomic E-state index is 12.1. The summed E-state index contributed by atoms with van der Waals surface area (Å²) in [5.74, 6) is -0.964. The maximum Gasteiger partial charge on any atom is 0.326 e. The van der Waals surface area contributed by atoms with Crippen LogP contribution in [0.2, 0.25) is 0 Å². The third-order valence-corrected chi connectivity index (χ3v) is 4.66. The lowest BCUT2D eigenvalue weighted by Gasteiger charge is -2.40. The number of piperidine rings is 2. The third-order valence-electron chi connectivity index (χ3n) is 4.66. The first kappa shape index (κ1) is 16.1. The van der Waals surface area contributed by atoms with Gasteiger partial charge in [0.05, 0.1) is 0 Å². The summed E-state index contributed by atoms with van der Waals surface area (Å²) in [7, 11) is 0. The Kier molecular flexibility index (Phi) is 5.85. The fourth-order valence-electron chi connectivity index (χ4n) is 3.30. The molecule has 0 bridgehead atoms. The van der Waals surface area contributed by atoms with Gasteiger partial charge in [0.15, 0.2) is 0 Å². The molecule has 2 N–H and O–H groups in total. The number of carbonyl (C=O) groups is 2. The summed E-state index contributed by atoms with van der Waals surface area (Å²) in [6, 6.07) is -0.422. The molecule has 1 atom stereocenters. The van der Waals surface area contributed by atoms with E-state index in [2.05, 4.69) is 10.2 Å². The molecule has 0 aromatic heterocycles. The lowest BCUT2D eigenvalue weighted by Crippen LogP contribution is -2.53. The molecule has 1 unspecified atom stereocenters. The molecule has 0 radical (unpaired) electrons. The number of carbonyl (C=O) groups excluding carboxylic acids is 1. The van der Waals surface area contributed by atoms with E-state index in [-0.39, 0.29) is 6.03 Å². The van der Waals surface area contributed by atoms with Crippen LogP contribution in [0.5, 0.6) is 0 Å². The predicted octanol–water partition coefficient (Wildman–Crippen LogP) is 1.51. The number of likely N-dealkylation sites (tertiary alicyclic amines) is 2. The van der Waals surface area contributed by atoms with Gasteiger partial charge >= 0.3 is 12.0 Å². The number of hydrogen-bond acceptors (Lipinski definition) is 3. The third kappa shape index (κ3) is 4.33. The molecule has 2 rings (SSSR count). The van der Waals surface area contributed by atoms with E-state index in [1.807, 2.05) is 0 Å². The second-order valence-electron chi connectivity index (χ2n) is 6.06. The molecule has 0 aromatic carbocycles. The number of nitrogens with one attached hydrogen (secondary N) is 1. The minimum absolute atomic E-state index is 0.235. The number of carboxylic acids is 1. The Balaban J connectivity index is 1.77. The smallest absolute Gasteiger partial charge is 0.326 e. The van der Waals surface area contributed by atoms with E-state index in [4.69, 9.17) is 5.11 Å². The van der Waals surface area contributed by atoms with Gasteiger partial charge in [-0.05, 0) is 45.2 Å². The molecule has 2 fully saturated rings. The first-order valence-corrected chi connectivity index (χ1v) is 8.14. The minimum Gasteiger partial charge on any atom is -0.480 e. The maximum absolute atomic E-state index is 12.1. The molecule has 6 nitrogen and oxygen atoms in total. The Hall–Kier alpha value is -1.30. The van der Waals surface area contributed by atoms with Crippen molar-refractivity contribution in [3.05, 3.63) is 0 Å². The summed E-state index contributed by atoms with van der Waals surface area (Å²) in [6.07, 6.45) is 6.32. The molecule has 2 saturated heterocycles. The number of amides is 2. The molecule has 0 spiro atoms. The van der Waals surface area contributed by atoms with Gasteiger partial charge in [-0.2, -0.15) is 0 Å². The Labute approximate surface area is 126 Å². The van der Waals surface area contributed by atoms with Crippen LogP contribution in [0.25, 0.3) is 0 Å². The van der Waals surface area contributed by atoms with Gasteiger partial charge in [-0.25, -0.2) is 9.59 Å². The average molecular weight is 297 g/mol. The average Bonchev–Trinajstić information content (AvgIpc) is 2.53. The van der Waals surface area contributed by atoms with Crippen LogP contribution in [-0.2, 0) is 4.79 Å². The summed E-state index contributed by atoms with van der Waals surface area (Å²) in [5.41, 5.74) is 0. The highest BCUT2D eigenvalue weighted by molar-refractivity contribution is 5.82. The van der Waals surface area contributed by atoms with Crippen LogP contribution in [0.4, 0.5) is 4.79 Å².